The van der Waals surface area contributed by atoms with Crippen LogP contribution in [0, 0.1) is 0 Å². The van der Waals surface area contributed by atoms with Gasteiger partial charge in [-0.3, -0.25) is 0 Å². The maximum absolute atomic E-state index is 5.44. The van der Waals surface area contributed by atoms with Crippen molar-refractivity contribution in [2.45, 2.75) is 19.9 Å². The number of aromatic nitrogens is 2. The molecule has 0 fully saturated rings. The summed E-state index contributed by atoms with van der Waals surface area (Å²) in [5.41, 5.74) is 7.13. The molecule has 0 bridgehead atoms. The first-order valence-electron chi connectivity index (χ1n) is 10.4. The summed E-state index contributed by atoms with van der Waals surface area (Å²) >= 11 is 0. The average molecular weight is 413 g/mol. The quantitative estimate of drug-likeness (QED) is 0.401. The summed E-state index contributed by atoms with van der Waals surface area (Å²) in [7, 11) is 3.46. The van der Waals surface area contributed by atoms with Gasteiger partial charge in [-0.05, 0) is 29.8 Å². The van der Waals surface area contributed by atoms with Crippen LogP contribution >= 0.6 is 0 Å². The number of hydrogen-bond acceptors (Lipinski definition) is 2. The lowest BCUT2D eigenvalue weighted by Gasteiger charge is -2.11. The number of nitrogens with zero attached hydrogens (tertiary/aromatic N) is 2. The Morgan fingerprint density at radius 3 is 1.81 bits per heavy atom. The first kappa shape index (κ1) is 20.9. The highest BCUT2D eigenvalue weighted by Crippen LogP contribution is 2.24. The Morgan fingerprint density at radius 2 is 1.13 bits per heavy atom. The second-order valence-electron chi connectivity index (χ2n) is 7.43. The third-order valence-electron chi connectivity index (χ3n) is 5.38. The zero-order chi connectivity index (χ0) is 21.5. The predicted octanol–water partition coefficient (Wildman–Crippen LogP) is 4.39. The second-order valence-corrected chi connectivity index (χ2v) is 7.43. The van der Waals surface area contributed by atoms with Crippen LogP contribution in [0.3, 0.4) is 0 Å². The molecule has 0 aliphatic carbocycles. The maximum Gasteiger partial charge on any atom is 0.252 e. The number of methoxy groups -OCH3 is 2. The van der Waals surface area contributed by atoms with Crippen molar-refractivity contribution < 1.29 is 18.6 Å². The molecule has 2 aromatic heterocycles. The van der Waals surface area contributed by atoms with Crippen LogP contribution in [0.4, 0.5) is 0 Å². The lowest BCUT2D eigenvalue weighted by Crippen LogP contribution is -2.39. The largest absolute Gasteiger partial charge is 0.380 e. The van der Waals surface area contributed by atoms with E-state index in [4.69, 9.17) is 9.47 Å². The van der Waals surface area contributed by atoms with Crippen molar-refractivity contribution in [3.63, 3.8) is 0 Å². The Morgan fingerprint density at radius 1 is 0.581 bits per heavy atom. The summed E-state index contributed by atoms with van der Waals surface area (Å²) in [6, 6.07) is 29.6. The zero-order valence-electron chi connectivity index (χ0n) is 18.1. The standard InChI is InChI=1S/C27H28N2O2/c1-30-20-23-12-4-6-14-25(23)26-15-7-9-17-28(26)19-22-11-3-5-13-24(22)27-16-8-10-18-29(27)21-31-2/h3-18H,19-21H2,1-2H3/q+2. The molecule has 2 heterocycles. The van der Waals surface area contributed by atoms with E-state index < -0.39 is 0 Å². The van der Waals surface area contributed by atoms with Crippen molar-refractivity contribution in [3.8, 4) is 22.5 Å². The van der Waals surface area contributed by atoms with E-state index in [1.807, 2.05) is 6.07 Å². The molecule has 0 amide bonds. The van der Waals surface area contributed by atoms with E-state index in [9.17, 15) is 0 Å². The van der Waals surface area contributed by atoms with Crippen LogP contribution in [-0.2, 0) is 29.4 Å². The van der Waals surface area contributed by atoms with Gasteiger partial charge in [0.25, 0.3) is 6.73 Å². The summed E-state index contributed by atoms with van der Waals surface area (Å²) in [6.45, 7) is 1.86. The molecule has 0 spiro atoms. The van der Waals surface area contributed by atoms with Gasteiger partial charge in [-0.25, -0.2) is 0 Å². The summed E-state index contributed by atoms with van der Waals surface area (Å²) in [4.78, 5) is 0. The summed E-state index contributed by atoms with van der Waals surface area (Å²) in [6.07, 6.45) is 4.20. The van der Waals surface area contributed by atoms with Gasteiger partial charge < -0.3 is 9.47 Å². The van der Waals surface area contributed by atoms with E-state index in [0.717, 1.165) is 12.2 Å². The first-order chi connectivity index (χ1) is 15.3. The van der Waals surface area contributed by atoms with Gasteiger partial charge in [-0.1, -0.05) is 36.4 Å². The Balaban J connectivity index is 1.77. The minimum atomic E-state index is 0.513. The van der Waals surface area contributed by atoms with Crippen LogP contribution in [0.15, 0.2) is 97.3 Å². The molecule has 0 radical (unpaired) electrons. The van der Waals surface area contributed by atoms with Gasteiger partial charge in [0.05, 0.1) is 17.7 Å². The van der Waals surface area contributed by atoms with E-state index in [0.29, 0.717) is 13.3 Å². The van der Waals surface area contributed by atoms with Crippen LogP contribution < -0.4 is 9.13 Å². The molecule has 4 heteroatoms. The number of rotatable bonds is 8. The molecule has 0 saturated heterocycles. The molecule has 0 aliphatic heterocycles. The number of benzene rings is 2. The highest BCUT2D eigenvalue weighted by atomic mass is 16.5. The van der Waals surface area contributed by atoms with Crippen LogP contribution in [0.1, 0.15) is 11.1 Å². The highest BCUT2D eigenvalue weighted by molar-refractivity contribution is 5.62. The van der Waals surface area contributed by atoms with E-state index in [-0.39, 0.29) is 0 Å². The molecule has 0 aliphatic rings. The summed E-state index contributed by atoms with van der Waals surface area (Å²) < 4.78 is 15.3. The molecule has 0 unspecified atom stereocenters. The van der Waals surface area contributed by atoms with Gasteiger partial charge in [0.15, 0.2) is 18.9 Å². The molecular formula is C27H28N2O2+2. The first-order valence-corrected chi connectivity index (χ1v) is 10.4. The zero-order valence-corrected chi connectivity index (χ0v) is 18.1. The SMILES string of the molecule is COCc1ccccc1-c1cccc[n+]1Cc1ccccc1-c1cccc[n+]1COC. The van der Waals surface area contributed by atoms with Gasteiger partial charge in [0, 0.05) is 44.0 Å². The minimum absolute atomic E-state index is 0.513. The van der Waals surface area contributed by atoms with E-state index in [2.05, 4.69) is 100 Å². The monoisotopic (exact) mass is 412 g/mol. The second kappa shape index (κ2) is 10.1. The fraction of sp³-hybridized carbons (Fsp3) is 0.185. The predicted molar refractivity (Wildman–Crippen MR) is 121 cm³/mol. The molecule has 156 valence electrons. The number of pyridine rings is 2. The maximum atomic E-state index is 5.44. The van der Waals surface area contributed by atoms with Crippen LogP contribution in [-0.4, -0.2) is 14.2 Å². The Labute approximate surface area is 184 Å². The van der Waals surface area contributed by atoms with E-state index in [1.165, 1.54) is 27.9 Å². The Bertz CT molecular complexity index is 1070. The molecule has 2 aromatic carbocycles. The third-order valence-corrected chi connectivity index (χ3v) is 5.38. The fourth-order valence-corrected chi connectivity index (χ4v) is 3.97. The molecule has 4 aromatic rings. The van der Waals surface area contributed by atoms with Gasteiger partial charge in [0.2, 0.25) is 11.4 Å². The smallest absolute Gasteiger partial charge is 0.252 e. The van der Waals surface area contributed by atoms with Crippen LogP contribution in [0.5, 0.6) is 0 Å². The molecule has 0 saturated carbocycles. The highest BCUT2D eigenvalue weighted by Gasteiger charge is 2.20. The molecule has 4 nitrogen and oxygen atoms in total. The van der Waals surface area contributed by atoms with Crippen molar-refractivity contribution in [1.29, 1.82) is 0 Å². The van der Waals surface area contributed by atoms with Crippen molar-refractivity contribution in [3.05, 3.63) is 108 Å². The lowest BCUT2D eigenvalue weighted by atomic mass is 10.0. The molecule has 0 N–H and O–H groups in total. The Kier molecular flexibility index (Phi) is 6.82. The van der Waals surface area contributed by atoms with Gasteiger partial charge in [0.1, 0.15) is 0 Å². The average Bonchev–Trinajstić information content (AvgIpc) is 2.81. The van der Waals surface area contributed by atoms with Crippen molar-refractivity contribution >= 4 is 0 Å². The number of ether oxygens (including phenoxy) is 2. The minimum Gasteiger partial charge on any atom is -0.380 e. The summed E-state index contributed by atoms with van der Waals surface area (Å²) in [5, 5.41) is 0. The van der Waals surface area contributed by atoms with Gasteiger partial charge in [-0.15, -0.1) is 0 Å². The third kappa shape index (κ3) is 4.71. The number of hydrogen-bond donors (Lipinski definition) is 0. The van der Waals surface area contributed by atoms with E-state index in [1.54, 1.807) is 14.2 Å². The molecule has 0 atom stereocenters. The van der Waals surface area contributed by atoms with Crippen LogP contribution in [0.25, 0.3) is 22.5 Å². The van der Waals surface area contributed by atoms with E-state index >= 15 is 0 Å². The topological polar surface area (TPSA) is 26.2 Å². The van der Waals surface area contributed by atoms with Gasteiger partial charge in [-0.2, -0.15) is 9.13 Å². The Hall–Kier alpha value is -3.34. The summed E-state index contributed by atoms with van der Waals surface area (Å²) in [5.74, 6) is 0. The normalized spacial score (nSPS) is 10.9. The van der Waals surface area contributed by atoms with Crippen molar-refractivity contribution in [2.75, 3.05) is 14.2 Å². The van der Waals surface area contributed by atoms with Crippen molar-refractivity contribution in [1.82, 2.24) is 0 Å². The van der Waals surface area contributed by atoms with Crippen LogP contribution in [0.2, 0.25) is 0 Å². The van der Waals surface area contributed by atoms with Gasteiger partial charge >= 0.3 is 0 Å². The molecular weight excluding hydrogens is 384 g/mol. The lowest BCUT2D eigenvalue weighted by molar-refractivity contribution is -0.721. The molecule has 31 heavy (non-hydrogen) atoms. The van der Waals surface area contributed by atoms with Crippen molar-refractivity contribution in [2.24, 2.45) is 0 Å². The fourth-order valence-electron chi connectivity index (χ4n) is 3.97. The molecule has 4 rings (SSSR count).